The minimum Gasteiger partial charge on any atom is -0.384 e. The SMILES string of the molecule is C#CCN1C(=O)C2(C(C#N)=C(N)N(c3cccc(C)c3)C3=C2C(=O)CCC3)c2ccccc21. The number of nitrogens with zero attached hydrogens (tertiary/aromatic N) is 3. The highest BCUT2D eigenvalue weighted by atomic mass is 16.2. The number of rotatable bonds is 2. The molecule has 2 N–H and O–H groups in total. The van der Waals surface area contributed by atoms with Crippen molar-refractivity contribution in [3.63, 3.8) is 0 Å². The Hall–Kier alpha value is -4.29. The van der Waals surface area contributed by atoms with Gasteiger partial charge in [-0.15, -0.1) is 6.42 Å². The number of terminal acetylenes is 1. The molecule has 1 spiro atoms. The minimum atomic E-state index is -1.58. The molecule has 3 aliphatic rings. The predicted molar refractivity (Wildman–Crippen MR) is 126 cm³/mol. The molecule has 162 valence electrons. The van der Waals surface area contributed by atoms with Crippen molar-refractivity contribution in [1.82, 2.24) is 0 Å². The van der Waals surface area contributed by atoms with Gasteiger partial charge in [0.1, 0.15) is 17.3 Å². The summed E-state index contributed by atoms with van der Waals surface area (Å²) in [6.07, 6.45) is 7.11. The van der Waals surface area contributed by atoms with Crippen molar-refractivity contribution in [3.05, 3.63) is 82.3 Å². The first kappa shape index (κ1) is 20.6. The molecular weight excluding hydrogens is 412 g/mol. The predicted octanol–water partition coefficient (Wildman–Crippen LogP) is 3.43. The number of aryl methyl sites for hydroxylation is 1. The summed E-state index contributed by atoms with van der Waals surface area (Å²) in [6.45, 7) is 2.00. The summed E-state index contributed by atoms with van der Waals surface area (Å²) in [6, 6.07) is 17.2. The molecule has 6 nitrogen and oxygen atoms in total. The zero-order valence-electron chi connectivity index (χ0n) is 18.3. The second kappa shape index (κ2) is 7.39. The zero-order chi connectivity index (χ0) is 23.3. The Morgan fingerprint density at radius 1 is 1.15 bits per heavy atom. The molecule has 2 aliphatic heterocycles. The molecule has 5 rings (SSSR count). The lowest BCUT2D eigenvalue weighted by atomic mass is 9.64. The van der Waals surface area contributed by atoms with Crippen molar-refractivity contribution in [2.24, 2.45) is 5.73 Å². The Morgan fingerprint density at radius 2 is 1.94 bits per heavy atom. The maximum atomic E-state index is 14.1. The number of amides is 1. The number of fused-ring (bicyclic) bond motifs is 3. The number of para-hydroxylation sites is 1. The molecule has 2 aromatic carbocycles. The van der Waals surface area contributed by atoms with E-state index in [2.05, 4.69) is 12.0 Å². The third kappa shape index (κ3) is 2.61. The van der Waals surface area contributed by atoms with Gasteiger partial charge in [0.2, 0.25) is 5.91 Å². The van der Waals surface area contributed by atoms with E-state index in [0.717, 1.165) is 11.3 Å². The summed E-state index contributed by atoms with van der Waals surface area (Å²) in [5.74, 6) is 2.17. The Labute approximate surface area is 192 Å². The molecule has 6 heteroatoms. The van der Waals surface area contributed by atoms with E-state index in [9.17, 15) is 14.9 Å². The molecule has 1 unspecified atom stereocenters. The molecule has 0 bridgehead atoms. The van der Waals surface area contributed by atoms with Gasteiger partial charge in [-0.05, 0) is 43.5 Å². The Balaban J connectivity index is 1.89. The lowest BCUT2D eigenvalue weighted by Gasteiger charge is -2.43. The molecular formula is C27H22N4O2. The third-order valence-electron chi connectivity index (χ3n) is 6.69. The quantitative estimate of drug-likeness (QED) is 0.732. The smallest absolute Gasteiger partial charge is 0.248 e. The second-order valence-electron chi connectivity index (χ2n) is 8.51. The minimum absolute atomic E-state index is 0.0363. The first-order valence-corrected chi connectivity index (χ1v) is 10.9. The van der Waals surface area contributed by atoms with E-state index in [-0.39, 0.29) is 23.7 Å². The van der Waals surface area contributed by atoms with Crippen LogP contribution in [0.4, 0.5) is 11.4 Å². The van der Waals surface area contributed by atoms with Crippen LogP contribution in [0.1, 0.15) is 30.4 Å². The van der Waals surface area contributed by atoms with E-state index < -0.39 is 11.3 Å². The maximum absolute atomic E-state index is 14.1. The Morgan fingerprint density at radius 3 is 2.67 bits per heavy atom. The van der Waals surface area contributed by atoms with Crippen molar-refractivity contribution in [2.75, 3.05) is 16.3 Å². The number of hydrogen-bond acceptors (Lipinski definition) is 5. The van der Waals surface area contributed by atoms with Crippen LogP contribution in [0.15, 0.2) is 71.2 Å². The molecule has 33 heavy (non-hydrogen) atoms. The summed E-state index contributed by atoms with van der Waals surface area (Å²) in [4.78, 5) is 30.9. The van der Waals surface area contributed by atoms with Gasteiger partial charge in [0, 0.05) is 34.6 Å². The maximum Gasteiger partial charge on any atom is 0.248 e. The second-order valence-corrected chi connectivity index (χ2v) is 8.51. The lowest BCUT2D eigenvalue weighted by molar-refractivity contribution is -0.124. The van der Waals surface area contributed by atoms with Crippen LogP contribution in [-0.2, 0) is 15.0 Å². The van der Waals surface area contributed by atoms with Crippen LogP contribution in [-0.4, -0.2) is 18.2 Å². The Kier molecular flexibility index (Phi) is 4.62. The number of nitriles is 1. The number of anilines is 2. The number of Topliss-reactive ketones (excluding diaryl/α,β-unsaturated/α-hetero) is 1. The van der Waals surface area contributed by atoms with E-state index in [1.807, 2.05) is 37.3 Å². The fourth-order valence-corrected chi connectivity index (χ4v) is 5.44. The molecule has 1 amide bonds. The number of hydrogen-bond donors (Lipinski definition) is 1. The molecule has 1 atom stereocenters. The Bertz CT molecular complexity index is 1370. The molecule has 2 aromatic rings. The van der Waals surface area contributed by atoms with Crippen molar-refractivity contribution < 1.29 is 9.59 Å². The molecule has 0 saturated carbocycles. The van der Waals surface area contributed by atoms with E-state index in [1.165, 1.54) is 4.90 Å². The number of allylic oxidation sites excluding steroid dienone is 1. The normalized spacial score (nSPS) is 21.8. The van der Waals surface area contributed by atoms with Gasteiger partial charge in [-0.1, -0.05) is 36.3 Å². The first-order valence-electron chi connectivity index (χ1n) is 10.9. The van der Waals surface area contributed by atoms with Gasteiger partial charge in [-0.2, -0.15) is 5.26 Å². The largest absolute Gasteiger partial charge is 0.384 e. The molecule has 0 fully saturated rings. The fraction of sp³-hybridized carbons (Fsp3) is 0.222. The summed E-state index contributed by atoms with van der Waals surface area (Å²) < 4.78 is 0. The van der Waals surface area contributed by atoms with E-state index in [4.69, 9.17) is 12.2 Å². The van der Waals surface area contributed by atoms with Crippen molar-refractivity contribution >= 4 is 23.1 Å². The zero-order valence-corrected chi connectivity index (χ0v) is 18.3. The highest BCUT2D eigenvalue weighted by molar-refractivity contribution is 6.20. The highest BCUT2D eigenvalue weighted by Gasteiger charge is 2.62. The summed E-state index contributed by atoms with van der Waals surface area (Å²) in [5, 5.41) is 10.4. The third-order valence-corrected chi connectivity index (χ3v) is 6.69. The van der Waals surface area contributed by atoms with Crippen LogP contribution in [0.5, 0.6) is 0 Å². The van der Waals surface area contributed by atoms with Crippen molar-refractivity contribution in [3.8, 4) is 18.4 Å². The number of nitrogens with two attached hydrogens (primary N) is 1. The summed E-state index contributed by atoms with van der Waals surface area (Å²) in [7, 11) is 0. The molecule has 0 saturated heterocycles. The summed E-state index contributed by atoms with van der Waals surface area (Å²) in [5.41, 5.74) is 9.16. The average Bonchev–Trinajstić information content (AvgIpc) is 3.04. The number of ketones is 1. The average molecular weight is 434 g/mol. The standard InChI is InChI=1S/C27H22N4O2/c1-3-14-30-21-11-5-4-10-19(21)27(26(30)33)20(16-28)25(29)31(18-9-6-8-17(2)15-18)22-12-7-13-23(32)24(22)27/h1,4-6,8-11,15H,7,12-14,29H2,2H3. The number of benzene rings is 2. The van der Waals surface area contributed by atoms with Gasteiger partial charge in [0.15, 0.2) is 5.78 Å². The van der Waals surface area contributed by atoms with Gasteiger partial charge in [-0.25, -0.2) is 0 Å². The topological polar surface area (TPSA) is 90.4 Å². The van der Waals surface area contributed by atoms with Crippen LogP contribution in [0.3, 0.4) is 0 Å². The van der Waals surface area contributed by atoms with Crippen LogP contribution in [0, 0.1) is 30.6 Å². The van der Waals surface area contributed by atoms with E-state index >= 15 is 0 Å². The molecule has 0 radical (unpaired) electrons. The van der Waals surface area contributed by atoms with E-state index in [0.29, 0.717) is 41.8 Å². The summed E-state index contributed by atoms with van der Waals surface area (Å²) >= 11 is 0. The van der Waals surface area contributed by atoms with Gasteiger partial charge in [-0.3, -0.25) is 19.4 Å². The highest BCUT2D eigenvalue weighted by Crippen LogP contribution is 2.56. The first-order chi connectivity index (χ1) is 16.0. The lowest BCUT2D eigenvalue weighted by Crippen LogP contribution is -2.52. The van der Waals surface area contributed by atoms with Crippen molar-refractivity contribution in [1.29, 1.82) is 5.26 Å². The van der Waals surface area contributed by atoms with Gasteiger partial charge < -0.3 is 5.73 Å². The molecule has 2 heterocycles. The van der Waals surface area contributed by atoms with Crippen LogP contribution >= 0.6 is 0 Å². The van der Waals surface area contributed by atoms with Gasteiger partial charge in [0.05, 0.1) is 12.1 Å². The molecule has 0 aromatic heterocycles. The number of carbonyl (C=O) groups is 2. The van der Waals surface area contributed by atoms with Gasteiger partial charge >= 0.3 is 0 Å². The van der Waals surface area contributed by atoms with Crippen LogP contribution in [0.2, 0.25) is 0 Å². The van der Waals surface area contributed by atoms with Gasteiger partial charge in [0.25, 0.3) is 0 Å². The monoisotopic (exact) mass is 434 g/mol. The fourth-order valence-electron chi connectivity index (χ4n) is 5.44. The van der Waals surface area contributed by atoms with Crippen LogP contribution < -0.4 is 15.5 Å². The van der Waals surface area contributed by atoms with Crippen LogP contribution in [0.25, 0.3) is 0 Å². The number of carbonyl (C=O) groups excluding carboxylic acids is 2. The molecule has 1 aliphatic carbocycles. The van der Waals surface area contributed by atoms with Crippen molar-refractivity contribution in [2.45, 2.75) is 31.6 Å². The van der Waals surface area contributed by atoms with E-state index in [1.54, 1.807) is 23.1 Å².